The van der Waals surface area contributed by atoms with Crippen LogP contribution in [0.2, 0.25) is 0 Å². The molecule has 1 N–H and O–H groups in total. The van der Waals surface area contributed by atoms with Gasteiger partial charge in [0.15, 0.2) is 0 Å². The van der Waals surface area contributed by atoms with Gasteiger partial charge in [0.05, 0.1) is 34.4 Å². The molecule has 1 unspecified atom stereocenters. The van der Waals surface area contributed by atoms with Gasteiger partial charge in [-0.2, -0.15) is 0 Å². The van der Waals surface area contributed by atoms with Gasteiger partial charge in [0, 0.05) is 37.9 Å². The van der Waals surface area contributed by atoms with Gasteiger partial charge in [0.25, 0.3) is 11.8 Å². The van der Waals surface area contributed by atoms with Crippen molar-refractivity contribution in [3.8, 4) is 0 Å². The van der Waals surface area contributed by atoms with Gasteiger partial charge >= 0.3 is 0 Å². The molecule has 8 nitrogen and oxygen atoms in total. The number of anilines is 1. The van der Waals surface area contributed by atoms with Crippen LogP contribution in [0.4, 0.5) is 5.95 Å². The second-order valence-electron chi connectivity index (χ2n) is 10.1. The highest BCUT2D eigenvalue weighted by Gasteiger charge is 2.37. The lowest BCUT2D eigenvalue weighted by molar-refractivity contribution is 0.0564. The van der Waals surface area contributed by atoms with Crippen molar-refractivity contribution in [1.82, 2.24) is 24.3 Å². The molecule has 1 atom stereocenters. The van der Waals surface area contributed by atoms with Crippen LogP contribution < -0.4 is 5.32 Å². The first-order chi connectivity index (χ1) is 18.6. The smallest absolute Gasteiger partial charge is 0.261 e. The van der Waals surface area contributed by atoms with E-state index in [0.717, 1.165) is 55.0 Å². The molecule has 6 rings (SSSR count). The highest BCUT2D eigenvalue weighted by molar-refractivity contribution is 6.21. The van der Waals surface area contributed by atoms with E-state index in [4.69, 9.17) is 4.98 Å². The maximum absolute atomic E-state index is 12.9. The van der Waals surface area contributed by atoms with Gasteiger partial charge in [0.1, 0.15) is 0 Å². The quantitative estimate of drug-likeness (QED) is 0.355. The maximum Gasteiger partial charge on any atom is 0.261 e. The standard InChI is InChI=1S/C30H32N6O2/c1-2-23(20-36-28(37)24-10-3-4-11-25(24)29(36)38)34-17-14-21(15-18-34)32-30-33-26-12-5-6-13-27(26)35(30)19-22-9-7-8-16-31-22/h3-13,16,21,23H,2,14-15,17-20H2,1H3,(H,32,33). The molecule has 194 valence electrons. The summed E-state index contributed by atoms with van der Waals surface area (Å²) >= 11 is 0. The average molecular weight is 509 g/mol. The first-order valence-corrected chi connectivity index (χ1v) is 13.4. The fourth-order valence-corrected chi connectivity index (χ4v) is 5.71. The number of benzene rings is 2. The molecule has 1 fully saturated rings. The fraction of sp³-hybridized carbons (Fsp3) is 0.333. The van der Waals surface area contributed by atoms with Crippen molar-refractivity contribution in [3.05, 3.63) is 89.7 Å². The van der Waals surface area contributed by atoms with Crippen LogP contribution in [-0.4, -0.2) is 67.9 Å². The molecule has 4 aromatic rings. The van der Waals surface area contributed by atoms with Crippen LogP contribution >= 0.6 is 0 Å². The van der Waals surface area contributed by atoms with E-state index in [0.29, 0.717) is 30.3 Å². The minimum atomic E-state index is -0.174. The van der Waals surface area contributed by atoms with Crippen LogP contribution in [0, 0.1) is 0 Å². The molecule has 2 aliphatic rings. The van der Waals surface area contributed by atoms with E-state index in [-0.39, 0.29) is 17.9 Å². The first-order valence-electron chi connectivity index (χ1n) is 13.4. The number of amides is 2. The predicted octanol–water partition coefficient (Wildman–Crippen LogP) is 4.43. The molecule has 1 saturated heterocycles. The Hall–Kier alpha value is -4.04. The number of pyridine rings is 1. The third-order valence-electron chi connectivity index (χ3n) is 7.82. The Labute approximate surface area is 222 Å². The van der Waals surface area contributed by atoms with Gasteiger partial charge in [-0.05, 0) is 55.7 Å². The second kappa shape index (κ2) is 10.4. The molecule has 0 saturated carbocycles. The number of para-hydroxylation sites is 2. The van der Waals surface area contributed by atoms with Gasteiger partial charge in [-0.1, -0.05) is 37.3 Å². The molecule has 4 heterocycles. The molecule has 2 aromatic heterocycles. The molecule has 0 aliphatic carbocycles. The molecule has 2 amide bonds. The summed E-state index contributed by atoms with van der Waals surface area (Å²) in [6, 6.07) is 21.7. The second-order valence-corrected chi connectivity index (χ2v) is 10.1. The number of hydrogen-bond acceptors (Lipinski definition) is 6. The normalized spacial score (nSPS) is 17.2. The summed E-state index contributed by atoms with van der Waals surface area (Å²) in [5.41, 5.74) is 4.08. The molecule has 8 heteroatoms. The lowest BCUT2D eigenvalue weighted by Gasteiger charge is -2.38. The third kappa shape index (κ3) is 4.56. The Morgan fingerprint density at radius 2 is 1.61 bits per heavy atom. The number of fused-ring (bicyclic) bond motifs is 2. The van der Waals surface area contributed by atoms with E-state index in [9.17, 15) is 9.59 Å². The minimum absolute atomic E-state index is 0.145. The number of rotatable bonds is 8. The molecule has 38 heavy (non-hydrogen) atoms. The van der Waals surface area contributed by atoms with E-state index < -0.39 is 0 Å². The number of aromatic nitrogens is 3. The number of carbonyl (C=O) groups excluding carboxylic acids is 2. The largest absolute Gasteiger partial charge is 0.353 e. The highest BCUT2D eigenvalue weighted by Crippen LogP contribution is 2.27. The van der Waals surface area contributed by atoms with Crippen LogP contribution in [-0.2, 0) is 6.54 Å². The molecular weight excluding hydrogens is 476 g/mol. The van der Waals surface area contributed by atoms with Crippen LogP contribution in [0.1, 0.15) is 52.6 Å². The van der Waals surface area contributed by atoms with E-state index in [1.165, 1.54) is 4.90 Å². The van der Waals surface area contributed by atoms with Crippen LogP contribution in [0.3, 0.4) is 0 Å². The summed E-state index contributed by atoms with van der Waals surface area (Å²) in [7, 11) is 0. The minimum Gasteiger partial charge on any atom is -0.353 e. The van der Waals surface area contributed by atoms with Crippen molar-refractivity contribution in [3.63, 3.8) is 0 Å². The van der Waals surface area contributed by atoms with Crippen molar-refractivity contribution < 1.29 is 9.59 Å². The Kier molecular flexibility index (Phi) is 6.64. The average Bonchev–Trinajstić information content (AvgIpc) is 3.42. The predicted molar refractivity (Wildman–Crippen MR) is 147 cm³/mol. The topological polar surface area (TPSA) is 83.4 Å². The van der Waals surface area contributed by atoms with Crippen LogP contribution in [0.25, 0.3) is 11.0 Å². The molecule has 0 spiro atoms. The zero-order chi connectivity index (χ0) is 26.1. The van der Waals surface area contributed by atoms with Crippen molar-refractivity contribution in [2.45, 2.75) is 44.8 Å². The van der Waals surface area contributed by atoms with E-state index in [2.05, 4.69) is 32.8 Å². The van der Waals surface area contributed by atoms with Crippen molar-refractivity contribution in [2.75, 3.05) is 25.0 Å². The number of likely N-dealkylation sites (tertiary alicyclic amines) is 1. The highest BCUT2D eigenvalue weighted by atomic mass is 16.2. The Morgan fingerprint density at radius 3 is 2.29 bits per heavy atom. The summed E-state index contributed by atoms with van der Waals surface area (Å²) in [4.78, 5) is 39.1. The Balaban J connectivity index is 1.12. The molecular formula is C30H32N6O2. The van der Waals surface area contributed by atoms with Gasteiger partial charge in [-0.3, -0.25) is 24.4 Å². The Morgan fingerprint density at radius 1 is 0.921 bits per heavy atom. The van der Waals surface area contributed by atoms with Crippen molar-refractivity contribution in [2.24, 2.45) is 0 Å². The zero-order valence-corrected chi connectivity index (χ0v) is 21.6. The maximum atomic E-state index is 12.9. The fourth-order valence-electron chi connectivity index (χ4n) is 5.71. The zero-order valence-electron chi connectivity index (χ0n) is 21.6. The van der Waals surface area contributed by atoms with Crippen molar-refractivity contribution in [1.29, 1.82) is 0 Å². The lowest BCUT2D eigenvalue weighted by Crippen LogP contribution is -2.50. The molecule has 0 radical (unpaired) electrons. The van der Waals surface area contributed by atoms with Crippen LogP contribution in [0.15, 0.2) is 72.9 Å². The number of imidazole rings is 1. The van der Waals surface area contributed by atoms with Gasteiger partial charge < -0.3 is 9.88 Å². The monoisotopic (exact) mass is 508 g/mol. The number of nitrogens with one attached hydrogen (secondary N) is 1. The number of carbonyl (C=O) groups is 2. The first kappa shape index (κ1) is 24.3. The summed E-state index contributed by atoms with van der Waals surface area (Å²) < 4.78 is 2.21. The summed E-state index contributed by atoms with van der Waals surface area (Å²) in [5, 5.41) is 3.71. The summed E-state index contributed by atoms with van der Waals surface area (Å²) in [6.07, 6.45) is 4.63. The molecule has 2 aliphatic heterocycles. The summed E-state index contributed by atoms with van der Waals surface area (Å²) in [6.45, 7) is 5.02. The van der Waals surface area contributed by atoms with Crippen molar-refractivity contribution >= 4 is 28.8 Å². The van der Waals surface area contributed by atoms with Gasteiger partial charge in [-0.15, -0.1) is 0 Å². The van der Waals surface area contributed by atoms with E-state index in [1.807, 2.05) is 54.7 Å². The van der Waals surface area contributed by atoms with E-state index >= 15 is 0 Å². The van der Waals surface area contributed by atoms with E-state index in [1.54, 1.807) is 12.1 Å². The van der Waals surface area contributed by atoms with Gasteiger partial charge in [-0.25, -0.2) is 4.98 Å². The number of nitrogens with zero attached hydrogens (tertiary/aromatic N) is 5. The number of piperidine rings is 1. The Bertz CT molecular complexity index is 1420. The molecule has 0 bridgehead atoms. The van der Waals surface area contributed by atoms with Gasteiger partial charge in [0.2, 0.25) is 5.95 Å². The lowest BCUT2D eigenvalue weighted by atomic mass is 10.0. The van der Waals surface area contributed by atoms with Crippen LogP contribution in [0.5, 0.6) is 0 Å². The summed E-state index contributed by atoms with van der Waals surface area (Å²) in [5.74, 6) is 0.521. The third-order valence-corrected chi connectivity index (χ3v) is 7.82. The number of imide groups is 1. The SMILES string of the molecule is CCC(CN1C(=O)c2ccccc2C1=O)N1CCC(Nc2nc3ccccc3n2Cc2ccccn2)CC1. The number of hydrogen-bond donors (Lipinski definition) is 1. The molecule has 2 aromatic carbocycles.